The highest BCUT2D eigenvalue weighted by Crippen LogP contribution is 2.26. The van der Waals surface area contributed by atoms with Crippen molar-refractivity contribution in [1.29, 1.82) is 0 Å². The lowest BCUT2D eigenvalue weighted by atomic mass is 10.1. The summed E-state index contributed by atoms with van der Waals surface area (Å²) in [5, 5.41) is 2.94. The summed E-state index contributed by atoms with van der Waals surface area (Å²) in [4.78, 5) is 0. The summed E-state index contributed by atoms with van der Waals surface area (Å²) in [5.41, 5.74) is 0.648. The first-order valence-corrected chi connectivity index (χ1v) is 4.52. The van der Waals surface area contributed by atoms with Crippen molar-refractivity contribution in [3.8, 4) is 5.75 Å². The molecule has 0 aliphatic rings. The van der Waals surface area contributed by atoms with Crippen molar-refractivity contribution >= 4 is 0 Å². The van der Waals surface area contributed by atoms with Gasteiger partial charge in [0.15, 0.2) is 0 Å². The third-order valence-electron chi connectivity index (χ3n) is 2.02. The minimum atomic E-state index is -2.81. The Morgan fingerprint density at radius 2 is 2.07 bits per heavy atom. The van der Waals surface area contributed by atoms with E-state index in [2.05, 4.69) is 16.6 Å². The van der Waals surface area contributed by atoms with Gasteiger partial charge in [-0.25, -0.2) is 0 Å². The predicted molar refractivity (Wildman–Crippen MR) is 55.1 cm³/mol. The number of rotatable bonds is 5. The predicted octanol–water partition coefficient (Wildman–Crippen LogP) is 2.73. The van der Waals surface area contributed by atoms with Crippen LogP contribution < -0.4 is 10.1 Å². The molecule has 0 radical (unpaired) electrons. The van der Waals surface area contributed by atoms with Crippen LogP contribution in [-0.4, -0.2) is 13.7 Å². The molecule has 0 aliphatic carbocycles. The molecule has 0 heterocycles. The van der Waals surface area contributed by atoms with Crippen LogP contribution in [-0.2, 0) is 0 Å². The topological polar surface area (TPSA) is 21.3 Å². The molecule has 1 rings (SSSR count). The van der Waals surface area contributed by atoms with Crippen LogP contribution >= 0.6 is 0 Å². The van der Waals surface area contributed by atoms with Gasteiger partial charge in [0.25, 0.3) is 0 Å². The summed E-state index contributed by atoms with van der Waals surface area (Å²) in [7, 11) is 1.73. The van der Waals surface area contributed by atoms with Gasteiger partial charge in [-0.2, -0.15) is 8.78 Å². The van der Waals surface area contributed by atoms with E-state index in [9.17, 15) is 8.78 Å². The Labute approximate surface area is 87.6 Å². The molecule has 0 amide bonds. The number of hydrogen-bond acceptors (Lipinski definition) is 2. The molecule has 0 aromatic heterocycles. The molecule has 15 heavy (non-hydrogen) atoms. The molecule has 0 bridgehead atoms. The van der Waals surface area contributed by atoms with Crippen molar-refractivity contribution in [1.82, 2.24) is 5.32 Å². The molecule has 0 saturated carbocycles. The molecule has 1 atom stereocenters. The number of hydrogen-bond donors (Lipinski definition) is 1. The fourth-order valence-electron chi connectivity index (χ4n) is 1.34. The first-order chi connectivity index (χ1) is 7.19. The number of likely N-dealkylation sites (N-methyl/N-ethyl adjacent to an activating group) is 1. The first-order valence-electron chi connectivity index (χ1n) is 4.52. The quantitative estimate of drug-likeness (QED) is 0.759. The van der Waals surface area contributed by atoms with E-state index in [1.165, 1.54) is 6.07 Å². The summed E-state index contributed by atoms with van der Waals surface area (Å²) in [6.45, 7) is 0.811. The van der Waals surface area contributed by atoms with Gasteiger partial charge in [0.2, 0.25) is 0 Å². The Hall–Kier alpha value is -1.42. The summed E-state index contributed by atoms with van der Waals surface area (Å²) in [5.74, 6) is 0.173. The molecular weight excluding hydrogens is 200 g/mol. The number of nitrogens with one attached hydrogen (secondary N) is 1. The Morgan fingerprint density at radius 1 is 1.40 bits per heavy atom. The van der Waals surface area contributed by atoms with Crippen LogP contribution in [0.2, 0.25) is 0 Å². The third kappa shape index (κ3) is 3.02. The first kappa shape index (κ1) is 11.7. The van der Waals surface area contributed by atoms with Crippen molar-refractivity contribution in [2.24, 2.45) is 0 Å². The molecule has 0 aliphatic heterocycles. The van der Waals surface area contributed by atoms with Gasteiger partial charge < -0.3 is 10.1 Å². The van der Waals surface area contributed by atoms with Gasteiger partial charge in [-0.3, -0.25) is 0 Å². The van der Waals surface area contributed by atoms with E-state index in [1.807, 2.05) is 0 Å². The summed E-state index contributed by atoms with van der Waals surface area (Å²) in [6, 6.07) is 6.45. The fraction of sp³-hybridized carbons (Fsp3) is 0.273. The maximum Gasteiger partial charge on any atom is 0.387 e. The maximum absolute atomic E-state index is 12.1. The van der Waals surface area contributed by atoms with Gasteiger partial charge in [0.05, 0.1) is 6.04 Å². The number of alkyl halides is 2. The molecule has 0 fully saturated rings. The zero-order chi connectivity index (χ0) is 11.3. The molecule has 82 valence electrons. The highest BCUT2D eigenvalue weighted by atomic mass is 19.3. The van der Waals surface area contributed by atoms with Gasteiger partial charge in [-0.05, 0) is 13.1 Å². The molecule has 1 unspecified atom stereocenters. The van der Waals surface area contributed by atoms with Gasteiger partial charge in [0, 0.05) is 5.56 Å². The molecular formula is C11H13F2NO. The Kier molecular flexibility index (Phi) is 4.24. The van der Waals surface area contributed by atoms with Crippen molar-refractivity contribution in [3.63, 3.8) is 0 Å². The third-order valence-corrected chi connectivity index (χ3v) is 2.02. The number of benzene rings is 1. The molecule has 1 N–H and O–H groups in total. The van der Waals surface area contributed by atoms with Crippen molar-refractivity contribution in [2.75, 3.05) is 7.05 Å². The largest absolute Gasteiger partial charge is 0.434 e. The lowest BCUT2D eigenvalue weighted by Gasteiger charge is -2.16. The molecule has 0 spiro atoms. The molecule has 1 aromatic carbocycles. The van der Waals surface area contributed by atoms with E-state index in [1.54, 1.807) is 31.3 Å². The fourth-order valence-corrected chi connectivity index (χ4v) is 1.34. The van der Waals surface area contributed by atoms with Gasteiger partial charge >= 0.3 is 6.61 Å². The van der Waals surface area contributed by atoms with Crippen LogP contribution in [0.5, 0.6) is 5.75 Å². The molecule has 4 heteroatoms. The minimum absolute atomic E-state index is 0.173. The van der Waals surface area contributed by atoms with E-state index in [-0.39, 0.29) is 11.8 Å². The zero-order valence-corrected chi connectivity index (χ0v) is 8.41. The normalized spacial score (nSPS) is 12.5. The Bertz CT molecular complexity index is 328. The average molecular weight is 213 g/mol. The van der Waals surface area contributed by atoms with E-state index < -0.39 is 6.61 Å². The van der Waals surface area contributed by atoms with Crippen molar-refractivity contribution in [3.05, 3.63) is 42.5 Å². The molecule has 1 aromatic rings. The molecule has 2 nitrogen and oxygen atoms in total. The zero-order valence-electron chi connectivity index (χ0n) is 8.41. The second-order valence-electron chi connectivity index (χ2n) is 2.92. The molecule has 0 saturated heterocycles. The SMILES string of the molecule is C=CC(NC)c1ccccc1OC(F)F. The minimum Gasteiger partial charge on any atom is -0.434 e. The summed E-state index contributed by atoms with van der Waals surface area (Å²) in [6.07, 6.45) is 1.63. The summed E-state index contributed by atoms with van der Waals surface area (Å²) >= 11 is 0. The monoisotopic (exact) mass is 213 g/mol. The van der Waals surface area contributed by atoms with Crippen molar-refractivity contribution in [2.45, 2.75) is 12.7 Å². The Balaban J connectivity index is 2.99. The number of para-hydroxylation sites is 1. The van der Waals surface area contributed by atoms with E-state index >= 15 is 0 Å². The maximum atomic E-state index is 12.1. The highest BCUT2D eigenvalue weighted by molar-refractivity contribution is 5.37. The van der Waals surface area contributed by atoms with Crippen LogP contribution in [0.4, 0.5) is 8.78 Å². The second-order valence-corrected chi connectivity index (χ2v) is 2.92. The Morgan fingerprint density at radius 3 is 2.60 bits per heavy atom. The van der Waals surface area contributed by atoms with Gasteiger partial charge in [-0.1, -0.05) is 24.3 Å². The van der Waals surface area contributed by atoms with E-state index in [0.717, 1.165) is 0 Å². The van der Waals surface area contributed by atoms with Gasteiger partial charge in [0.1, 0.15) is 5.75 Å². The standard InChI is InChI=1S/C11H13F2NO/c1-3-9(14-2)8-6-4-5-7-10(8)15-11(12)13/h3-7,9,11,14H,1H2,2H3. The lowest BCUT2D eigenvalue weighted by Crippen LogP contribution is -2.15. The number of halogens is 2. The summed E-state index contributed by atoms with van der Waals surface area (Å²) < 4.78 is 28.6. The second kappa shape index (κ2) is 5.46. The number of ether oxygens (including phenoxy) is 1. The van der Waals surface area contributed by atoms with Crippen LogP contribution in [0.15, 0.2) is 36.9 Å². The van der Waals surface area contributed by atoms with E-state index in [4.69, 9.17) is 0 Å². The van der Waals surface area contributed by atoms with Crippen LogP contribution in [0.25, 0.3) is 0 Å². The van der Waals surface area contributed by atoms with E-state index in [0.29, 0.717) is 5.56 Å². The average Bonchev–Trinajstić information content (AvgIpc) is 2.21. The van der Waals surface area contributed by atoms with Crippen LogP contribution in [0.3, 0.4) is 0 Å². The smallest absolute Gasteiger partial charge is 0.387 e. The van der Waals surface area contributed by atoms with Crippen LogP contribution in [0.1, 0.15) is 11.6 Å². The highest BCUT2D eigenvalue weighted by Gasteiger charge is 2.13. The van der Waals surface area contributed by atoms with Crippen LogP contribution in [0, 0.1) is 0 Å². The van der Waals surface area contributed by atoms with Gasteiger partial charge in [-0.15, -0.1) is 6.58 Å². The lowest BCUT2D eigenvalue weighted by molar-refractivity contribution is -0.0505. The van der Waals surface area contributed by atoms with Crippen molar-refractivity contribution < 1.29 is 13.5 Å².